The highest BCUT2D eigenvalue weighted by Crippen LogP contribution is 2.50. The van der Waals surface area contributed by atoms with Crippen LogP contribution in [0.15, 0.2) is 29.0 Å². The number of nitrogens with two attached hydrogens (primary N) is 1. The molecule has 5 nitrogen and oxygen atoms in total. The van der Waals surface area contributed by atoms with Crippen LogP contribution in [0.2, 0.25) is 0 Å². The summed E-state index contributed by atoms with van der Waals surface area (Å²) < 4.78 is 0.956. The molecule has 1 unspecified atom stereocenters. The molecular formula is C14H15BrN4O. The predicted molar refractivity (Wildman–Crippen MR) is 80.3 cm³/mol. The number of hydrogen-bond donors (Lipinski definition) is 3. The number of aromatic nitrogens is 2. The number of benzene rings is 1. The molecule has 0 saturated carbocycles. The number of anilines is 1. The molecule has 0 fully saturated rings. The Morgan fingerprint density at radius 1 is 1.35 bits per heavy atom. The predicted octanol–water partition coefficient (Wildman–Crippen LogP) is 2.80. The van der Waals surface area contributed by atoms with Crippen molar-refractivity contribution < 1.29 is 5.21 Å². The minimum absolute atomic E-state index is 0.282. The van der Waals surface area contributed by atoms with E-state index in [4.69, 9.17) is 5.73 Å². The standard InChI is InChI=1S/C14H15BrN4O/c1-14(2)10-11(17-6-18-13(10)16)8-4-3-7(15)5-9(8)12(14)19-20/h3-6,12,19-20H,1-2H3,(H2,16,17,18). The van der Waals surface area contributed by atoms with Gasteiger partial charge in [-0.25, -0.2) is 9.97 Å². The summed E-state index contributed by atoms with van der Waals surface area (Å²) in [7, 11) is 0. The van der Waals surface area contributed by atoms with Gasteiger partial charge in [-0.05, 0) is 17.7 Å². The topological polar surface area (TPSA) is 84.1 Å². The van der Waals surface area contributed by atoms with Crippen molar-refractivity contribution in [3.63, 3.8) is 0 Å². The molecule has 0 radical (unpaired) electrons. The molecule has 0 saturated heterocycles. The average Bonchev–Trinajstić information content (AvgIpc) is 2.38. The summed E-state index contributed by atoms with van der Waals surface area (Å²) in [6.07, 6.45) is 1.47. The number of hydroxylamine groups is 1. The summed E-state index contributed by atoms with van der Waals surface area (Å²) in [5.41, 5.74) is 11.7. The minimum atomic E-state index is -0.427. The first-order valence-corrected chi connectivity index (χ1v) is 7.06. The quantitative estimate of drug-likeness (QED) is 0.698. The van der Waals surface area contributed by atoms with E-state index in [0.717, 1.165) is 26.9 Å². The van der Waals surface area contributed by atoms with E-state index < -0.39 is 5.41 Å². The molecule has 2 aromatic rings. The first-order chi connectivity index (χ1) is 9.46. The van der Waals surface area contributed by atoms with Crippen molar-refractivity contribution in [3.8, 4) is 11.3 Å². The molecule has 0 aliphatic heterocycles. The highest BCUT2D eigenvalue weighted by molar-refractivity contribution is 9.10. The third-order valence-electron chi connectivity index (χ3n) is 3.95. The molecule has 3 rings (SSSR count). The Balaban J connectivity index is 2.39. The van der Waals surface area contributed by atoms with Gasteiger partial charge in [-0.2, -0.15) is 5.48 Å². The van der Waals surface area contributed by atoms with Gasteiger partial charge < -0.3 is 10.9 Å². The number of nitrogens with one attached hydrogen (secondary N) is 1. The lowest BCUT2D eigenvalue weighted by atomic mass is 9.68. The van der Waals surface area contributed by atoms with Crippen LogP contribution < -0.4 is 11.2 Å². The van der Waals surface area contributed by atoms with E-state index in [9.17, 15) is 5.21 Å². The first kappa shape index (κ1) is 13.5. The molecule has 0 bridgehead atoms. The van der Waals surface area contributed by atoms with Gasteiger partial charge >= 0.3 is 0 Å². The Labute approximate surface area is 125 Å². The highest BCUT2D eigenvalue weighted by atomic mass is 79.9. The second-order valence-electron chi connectivity index (χ2n) is 5.50. The number of rotatable bonds is 1. The Morgan fingerprint density at radius 2 is 2.10 bits per heavy atom. The van der Waals surface area contributed by atoms with Gasteiger partial charge in [0, 0.05) is 21.0 Å². The third kappa shape index (κ3) is 1.76. The van der Waals surface area contributed by atoms with Crippen molar-refractivity contribution in [2.45, 2.75) is 25.3 Å². The van der Waals surface area contributed by atoms with Crippen molar-refractivity contribution in [2.75, 3.05) is 5.73 Å². The van der Waals surface area contributed by atoms with Gasteiger partial charge in [-0.3, -0.25) is 0 Å². The lowest BCUT2D eigenvalue weighted by Crippen LogP contribution is -2.40. The fourth-order valence-electron chi connectivity index (χ4n) is 2.99. The number of nitrogen functional groups attached to an aromatic ring is 1. The van der Waals surface area contributed by atoms with Crippen LogP contribution in [0, 0.1) is 0 Å². The molecule has 1 heterocycles. The highest BCUT2D eigenvalue weighted by Gasteiger charge is 2.42. The van der Waals surface area contributed by atoms with E-state index >= 15 is 0 Å². The van der Waals surface area contributed by atoms with Gasteiger partial charge in [0.15, 0.2) is 0 Å². The Kier molecular flexibility index (Phi) is 3.04. The summed E-state index contributed by atoms with van der Waals surface area (Å²) in [6.45, 7) is 4.03. The molecule has 1 aromatic carbocycles. The first-order valence-electron chi connectivity index (χ1n) is 6.27. The largest absolute Gasteiger partial charge is 0.383 e. The Hall–Kier alpha value is -1.50. The molecule has 1 aromatic heterocycles. The summed E-state index contributed by atoms with van der Waals surface area (Å²) in [4.78, 5) is 8.49. The van der Waals surface area contributed by atoms with Crippen LogP contribution >= 0.6 is 15.9 Å². The Morgan fingerprint density at radius 3 is 2.80 bits per heavy atom. The maximum Gasteiger partial charge on any atom is 0.131 e. The smallest absolute Gasteiger partial charge is 0.131 e. The zero-order chi connectivity index (χ0) is 14.5. The third-order valence-corrected chi connectivity index (χ3v) is 4.44. The molecule has 1 atom stereocenters. The van der Waals surface area contributed by atoms with Gasteiger partial charge in [-0.1, -0.05) is 35.8 Å². The molecule has 0 spiro atoms. The Bertz CT molecular complexity index is 687. The van der Waals surface area contributed by atoms with Crippen LogP contribution in [-0.4, -0.2) is 15.2 Å². The summed E-state index contributed by atoms with van der Waals surface area (Å²) in [5, 5.41) is 9.63. The van der Waals surface area contributed by atoms with Crippen molar-refractivity contribution >= 4 is 21.7 Å². The van der Waals surface area contributed by atoms with Gasteiger partial charge in [0.1, 0.15) is 12.1 Å². The lowest BCUT2D eigenvalue weighted by molar-refractivity contribution is 0.0914. The van der Waals surface area contributed by atoms with Gasteiger partial charge in [0.25, 0.3) is 0 Å². The van der Waals surface area contributed by atoms with Crippen molar-refractivity contribution in [1.29, 1.82) is 0 Å². The van der Waals surface area contributed by atoms with Crippen molar-refractivity contribution in [3.05, 3.63) is 40.1 Å². The van der Waals surface area contributed by atoms with E-state index in [2.05, 4.69) is 31.4 Å². The number of nitrogens with zero attached hydrogens (tertiary/aromatic N) is 2. The summed E-state index contributed by atoms with van der Waals surface area (Å²) in [5.74, 6) is 0.453. The monoisotopic (exact) mass is 334 g/mol. The van der Waals surface area contributed by atoms with Crippen LogP contribution in [0.1, 0.15) is 31.0 Å². The molecule has 20 heavy (non-hydrogen) atoms. The van der Waals surface area contributed by atoms with Crippen molar-refractivity contribution in [2.24, 2.45) is 0 Å². The molecule has 1 aliphatic carbocycles. The maximum absolute atomic E-state index is 9.63. The number of fused-ring (bicyclic) bond motifs is 3. The summed E-state index contributed by atoms with van der Waals surface area (Å²) >= 11 is 3.47. The number of hydrogen-bond acceptors (Lipinski definition) is 5. The fraction of sp³-hybridized carbons (Fsp3) is 0.286. The molecule has 4 N–H and O–H groups in total. The SMILES string of the molecule is CC1(C)c2c(N)ncnc2-c2ccc(Br)cc2C1NO. The molecule has 1 aliphatic rings. The molecular weight excluding hydrogens is 320 g/mol. The number of halogens is 1. The van der Waals surface area contributed by atoms with Gasteiger partial charge in [0.05, 0.1) is 11.7 Å². The molecule has 104 valence electrons. The zero-order valence-electron chi connectivity index (χ0n) is 11.2. The normalized spacial score (nSPS) is 19.3. The van der Waals surface area contributed by atoms with Crippen LogP contribution in [0.3, 0.4) is 0 Å². The fourth-order valence-corrected chi connectivity index (χ4v) is 3.37. The van der Waals surface area contributed by atoms with E-state index in [1.165, 1.54) is 6.33 Å². The maximum atomic E-state index is 9.63. The molecule has 0 amide bonds. The van der Waals surface area contributed by atoms with Crippen LogP contribution in [0.4, 0.5) is 5.82 Å². The molecule has 6 heteroatoms. The lowest BCUT2D eigenvalue weighted by Gasteiger charge is -2.40. The minimum Gasteiger partial charge on any atom is -0.383 e. The van der Waals surface area contributed by atoms with E-state index in [1.807, 2.05) is 32.0 Å². The van der Waals surface area contributed by atoms with E-state index in [1.54, 1.807) is 0 Å². The summed E-state index contributed by atoms with van der Waals surface area (Å²) in [6, 6.07) is 5.64. The van der Waals surface area contributed by atoms with Crippen LogP contribution in [0.5, 0.6) is 0 Å². The van der Waals surface area contributed by atoms with Crippen molar-refractivity contribution in [1.82, 2.24) is 15.4 Å². The van der Waals surface area contributed by atoms with E-state index in [-0.39, 0.29) is 6.04 Å². The average molecular weight is 335 g/mol. The van der Waals surface area contributed by atoms with Crippen LogP contribution in [-0.2, 0) is 5.41 Å². The van der Waals surface area contributed by atoms with Gasteiger partial charge in [-0.15, -0.1) is 0 Å². The van der Waals surface area contributed by atoms with E-state index in [0.29, 0.717) is 5.82 Å². The second kappa shape index (κ2) is 4.51. The van der Waals surface area contributed by atoms with Gasteiger partial charge in [0.2, 0.25) is 0 Å². The van der Waals surface area contributed by atoms with Crippen LogP contribution in [0.25, 0.3) is 11.3 Å². The second-order valence-corrected chi connectivity index (χ2v) is 6.41. The zero-order valence-corrected chi connectivity index (χ0v) is 12.8.